The summed E-state index contributed by atoms with van der Waals surface area (Å²) in [6.45, 7) is 9.27. The fourth-order valence-corrected chi connectivity index (χ4v) is 1.23. The van der Waals surface area contributed by atoms with Gasteiger partial charge in [-0.2, -0.15) is 4.57 Å². The summed E-state index contributed by atoms with van der Waals surface area (Å²) in [5.41, 5.74) is 1.19. The number of nitrogens with zero attached hydrogens (tertiary/aromatic N) is 1. The number of aromatic nitrogens is 1. The quantitative estimate of drug-likeness (QED) is 0.600. The van der Waals surface area contributed by atoms with Crippen LogP contribution in [0.25, 0.3) is 6.08 Å². The van der Waals surface area contributed by atoms with E-state index < -0.39 is 0 Å². The van der Waals surface area contributed by atoms with Crippen molar-refractivity contribution >= 4 is 6.08 Å². The van der Waals surface area contributed by atoms with E-state index in [4.69, 9.17) is 0 Å². The van der Waals surface area contributed by atoms with Crippen molar-refractivity contribution in [3.8, 4) is 0 Å². The molecule has 0 aliphatic carbocycles. The Morgan fingerprint density at radius 2 is 2.25 bits per heavy atom. The summed E-state index contributed by atoms with van der Waals surface area (Å²) >= 11 is 0. The largest absolute Gasteiger partial charge is 0.204 e. The van der Waals surface area contributed by atoms with Crippen LogP contribution in [-0.2, 0) is 6.54 Å². The van der Waals surface area contributed by atoms with E-state index in [1.165, 1.54) is 5.69 Å². The van der Waals surface area contributed by atoms with Gasteiger partial charge in [-0.05, 0) is 6.07 Å². The standard InChI is InChI=1S/C11H16N/c1-4-11-7-5-6-8-12(11)9-10(2)3/h4-8,10H,1,9H2,2-3H3/q+1. The molecule has 1 rings (SSSR count). The third kappa shape index (κ3) is 2.19. The molecule has 0 atom stereocenters. The van der Waals surface area contributed by atoms with Crippen molar-refractivity contribution in [3.05, 3.63) is 36.7 Å². The fraction of sp³-hybridized carbons (Fsp3) is 0.364. The number of rotatable bonds is 3. The van der Waals surface area contributed by atoms with E-state index in [2.05, 4.69) is 43.3 Å². The van der Waals surface area contributed by atoms with Crippen LogP contribution in [-0.4, -0.2) is 0 Å². The normalized spacial score (nSPS) is 10.2. The summed E-state index contributed by atoms with van der Waals surface area (Å²) in [5, 5.41) is 0. The van der Waals surface area contributed by atoms with Crippen LogP contribution in [0.1, 0.15) is 19.5 Å². The first-order valence-electron chi connectivity index (χ1n) is 4.35. The van der Waals surface area contributed by atoms with Gasteiger partial charge >= 0.3 is 0 Å². The smallest absolute Gasteiger partial charge is 0.199 e. The van der Waals surface area contributed by atoms with Crippen LogP contribution in [0.15, 0.2) is 31.0 Å². The van der Waals surface area contributed by atoms with Gasteiger partial charge in [0.15, 0.2) is 12.7 Å². The van der Waals surface area contributed by atoms with Gasteiger partial charge in [-0.25, -0.2) is 0 Å². The summed E-state index contributed by atoms with van der Waals surface area (Å²) in [5.74, 6) is 0.677. The maximum Gasteiger partial charge on any atom is 0.204 e. The Morgan fingerprint density at radius 3 is 2.83 bits per heavy atom. The summed E-state index contributed by atoms with van der Waals surface area (Å²) < 4.78 is 2.22. The molecule has 0 radical (unpaired) electrons. The van der Waals surface area contributed by atoms with Crippen molar-refractivity contribution in [2.45, 2.75) is 20.4 Å². The lowest BCUT2D eigenvalue weighted by Crippen LogP contribution is -2.38. The maximum atomic E-state index is 3.78. The van der Waals surface area contributed by atoms with Gasteiger partial charge in [0.2, 0.25) is 5.69 Å². The molecule has 0 aliphatic rings. The first-order chi connectivity index (χ1) is 5.74. The summed E-state index contributed by atoms with van der Waals surface area (Å²) in [4.78, 5) is 0. The van der Waals surface area contributed by atoms with Crippen LogP contribution in [0.2, 0.25) is 0 Å². The highest BCUT2D eigenvalue weighted by molar-refractivity contribution is 5.36. The van der Waals surface area contributed by atoms with Crippen molar-refractivity contribution in [2.24, 2.45) is 5.92 Å². The molecular formula is C11H16N+. The minimum Gasteiger partial charge on any atom is -0.199 e. The number of pyridine rings is 1. The van der Waals surface area contributed by atoms with E-state index in [1.54, 1.807) is 0 Å². The average Bonchev–Trinajstić information content (AvgIpc) is 2.04. The van der Waals surface area contributed by atoms with Crippen LogP contribution in [0.4, 0.5) is 0 Å². The molecule has 0 amide bonds. The first kappa shape index (κ1) is 8.98. The molecule has 0 fully saturated rings. The Kier molecular flexibility index (Phi) is 3.03. The molecular weight excluding hydrogens is 146 g/mol. The second kappa shape index (κ2) is 4.05. The first-order valence-corrected chi connectivity index (χ1v) is 4.35. The van der Waals surface area contributed by atoms with E-state index in [-0.39, 0.29) is 0 Å². The lowest BCUT2D eigenvalue weighted by molar-refractivity contribution is -0.703. The van der Waals surface area contributed by atoms with Crippen LogP contribution in [0, 0.1) is 5.92 Å². The summed E-state index contributed by atoms with van der Waals surface area (Å²) in [7, 11) is 0. The van der Waals surface area contributed by atoms with Gasteiger partial charge in [-0.15, -0.1) is 0 Å². The van der Waals surface area contributed by atoms with Gasteiger partial charge < -0.3 is 0 Å². The van der Waals surface area contributed by atoms with Crippen molar-refractivity contribution in [1.29, 1.82) is 0 Å². The van der Waals surface area contributed by atoms with Gasteiger partial charge in [-0.3, -0.25) is 0 Å². The molecule has 0 aliphatic heterocycles. The molecule has 1 heterocycles. The average molecular weight is 162 g/mol. The van der Waals surface area contributed by atoms with Gasteiger partial charge in [0, 0.05) is 24.1 Å². The number of hydrogen-bond donors (Lipinski definition) is 0. The van der Waals surface area contributed by atoms with Crippen molar-refractivity contribution in [3.63, 3.8) is 0 Å². The van der Waals surface area contributed by atoms with Crippen LogP contribution >= 0.6 is 0 Å². The zero-order chi connectivity index (χ0) is 8.97. The topological polar surface area (TPSA) is 3.88 Å². The molecule has 0 N–H and O–H groups in total. The number of hydrogen-bond acceptors (Lipinski definition) is 0. The highest BCUT2D eigenvalue weighted by Gasteiger charge is 2.07. The Morgan fingerprint density at radius 1 is 1.50 bits per heavy atom. The highest BCUT2D eigenvalue weighted by atomic mass is 14.9. The molecule has 12 heavy (non-hydrogen) atoms. The van der Waals surface area contributed by atoms with Gasteiger partial charge in [-0.1, -0.05) is 20.4 Å². The van der Waals surface area contributed by atoms with E-state index in [0.29, 0.717) is 5.92 Å². The molecule has 64 valence electrons. The third-order valence-corrected chi connectivity index (χ3v) is 1.75. The Bertz CT molecular complexity index is 263. The minimum absolute atomic E-state index is 0.677. The second-order valence-electron chi connectivity index (χ2n) is 3.38. The Balaban J connectivity index is 2.89. The molecule has 0 unspecified atom stereocenters. The highest BCUT2D eigenvalue weighted by Crippen LogP contribution is 1.96. The molecule has 0 spiro atoms. The zero-order valence-corrected chi connectivity index (χ0v) is 7.83. The Hall–Kier alpha value is -1.11. The third-order valence-electron chi connectivity index (χ3n) is 1.75. The SMILES string of the molecule is C=Cc1cccc[n+]1CC(C)C. The van der Waals surface area contributed by atoms with Crippen LogP contribution in [0.5, 0.6) is 0 Å². The maximum absolute atomic E-state index is 3.78. The molecule has 1 aromatic rings. The van der Waals surface area contributed by atoms with Gasteiger partial charge in [0.05, 0.1) is 0 Å². The molecule has 1 heteroatoms. The molecule has 1 nitrogen and oxygen atoms in total. The molecule has 0 saturated heterocycles. The molecule has 0 saturated carbocycles. The predicted molar refractivity (Wildman–Crippen MR) is 51.6 cm³/mol. The lowest BCUT2D eigenvalue weighted by atomic mass is 10.2. The minimum atomic E-state index is 0.677. The van der Waals surface area contributed by atoms with Crippen molar-refractivity contribution < 1.29 is 4.57 Å². The lowest BCUT2D eigenvalue weighted by Gasteiger charge is -2.02. The van der Waals surface area contributed by atoms with E-state index in [1.807, 2.05) is 12.1 Å². The zero-order valence-electron chi connectivity index (χ0n) is 7.83. The van der Waals surface area contributed by atoms with Crippen LogP contribution in [0.3, 0.4) is 0 Å². The molecule has 1 aromatic heterocycles. The Labute approximate surface area is 74.4 Å². The van der Waals surface area contributed by atoms with E-state index >= 15 is 0 Å². The van der Waals surface area contributed by atoms with E-state index in [9.17, 15) is 0 Å². The summed E-state index contributed by atoms with van der Waals surface area (Å²) in [6.07, 6.45) is 3.99. The van der Waals surface area contributed by atoms with Crippen molar-refractivity contribution in [2.75, 3.05) is 0 Å². The van der Waals surface area contributed by atoms with Gasteiger partial charge in [0.1, 0.15) is 0 Å². The van der Waals surface area contributed by atoms with E-state index in [0.717, 1.165) is 6.54 Å². The molecule has 0 aromatic carbocycles. The predicted octanol–water partition coefficient (Wildman–Crippen LogP) is 2.27. The summed E-state index contributed by atoms with van der Waals surface area (Å²) in [6, 6.07) is 6.17. The fourth-order valence-electron chi connectivity index (χ4n) is 1.23. The van der Waals surface area contributed by atoms with Crippen molar-refractivity contribution in [1.82, 2.24) is 0 Å². The second-order valence-corrected chi connectivity index (χ2v) is 3.38. The van der Waals surface area contributed by atoms with Crippen LogP contribution < -0.4 is 4.57 Å². The molecule has 0 bridgehead atoms. The monoisotopic (exact) mass is 162 g/mol. The van der Waals surface area contributed by atoms with Gasteiger partial charge in [0.25, 0.3) is 0 Å².